The average Bonchev–Trinajstić information content (AvgIpc) is 2.96. The van der Waals surface area contributed by atoms with E-state index in [9.17, 15) is 13.2 Å². The standard InChI is InChI=1S/C33H41N3O4S/c1-24-14-19-34-25(2)30(24)32(37)35-22-17-33(3,18-23-35)36-20-15-27(16-21-36)31(40-28-8-6-5-7-9-28)26-10-12-29(13-11-26)41(4,38)39/h5-14,19,27,31H,15-18,20-23H2,1-4H3. The number of nitrogens with zero attached hydrogens (tertiary/aromatic N) is 3. The molecule has 2 fully saturated rings. The van der Waals surface area contributed by atoms with E-state index < -0.39 is 9.84 Å². The highest BCUT2D eigenvalue weighted by Crippen LogP contribution is 2.39. The first-order chi connectivity index (χ1) is 19.5. The summed E-state index contributed by atoms with van der Waals surface area (Å²) in [4.78, 5) is 22.6. The first-order valence-electron chi connectivity index (χ1n) is 14.5. The zero-order chi connectivity index (χ0) is 29.2. The molecule has 8 heteroatoms. The molecule has 5 rings (SSSR count). The number of piperidine rings is 2. The number of pyridine rings is 1. The lowest BCUT2D eigenvalue weighted by Gasteiger charge is -2.50. The van der Waals surface area contributed by atoms with E-state index >= 15 is 0 Å². The van der Waals surface area contributed by atoms with Crippen LogP contribution in [0.2, 0.25) is 0 Å². The van der Waals surface area contributed by atoms with Crippen LogP contribution in [0.15, 0.2) is 71.8 Å². The highest BCUT2D eigenvalue weighted by Gasteiger charge is 2.40. The number of hydrogen-bond donors (Lipinski definition) is 0. The Labute approximate surface area is 244 Å². The molecule has 7 nitrogen and oxygen atoms in total. The second kappa shape index (κ2) is 11.9. The number of benzene rings is 2. The van der Waals surface area contributed by atoms with E-state index in [1.165, 1.54) is 6.26 Å². The molecule has 1 atom stereocenters. The summed E-state index contributed by atoms with van der Waals surface area (Å²) in [6.07, 6.45) is 6.69. The first-order valence-corrected chi connectivity index (χ1v) is 16.4. The van der Waals surface area contributed by atoms with Gasteiger partial charge >= 0.3 is 0 Å². The Bertz CT molecular complexity index is 1440. The third kappa shape index (κ3) is 6.49. The van der Waals surface area contributed by atoms with Crippen molar-refractivity contribution in [2.45, 2.75) is 63.0 Å². The summed E-state index contributed by atoms with van der Waals surface area (Å²) in [5.41, 5.74) is 3.57. The summed E-state index contributed by atoms with van der Waals surface area (Å²) < 4.78 is 30.6. The Kier molecular flexibility index (Phi) is 8.52. The molecule has 0 aliphatic carbocycles. The molecule has 1 amide bonds. The van der Waals surface area contributed by atoms with E-state index in [1.807, 2.05) is 67.3 Å². The molecule has 2 aromatic carbocycles. The zero-order valence-corrected chi connectivity index (χ0v) is 25.4. The summed E-state index contributed by atoms with van der Waals surface area (Å²) >= 11 is 0. The van der Waals surface area contributed by atoms with Crippen LogP contribution in [0.3, 0.4) is 0 Å². The van der Waals surface area contributed by atoms with Gasteiger partial charge in [-0.05, 0) is 101 Å². The molecule has 1 unspecified atom stereocenters. The summed E-state index contributed by atoms with van der Waals surface area (Å²) in [5.74, 6) is 1.21. The highest BCUT2D eigenvalue weighted by molar-refractivity contribution is 7.90. The summed E-state index contributed by atoms with van der Waals surface area (Å²) in [6.45, 7) is 9.66. The van der Waals surface area contributed by atoms with E-state index in [2.05, 4.69) is 16.8 Å². The van der Waals surface area contributed by atoms with E-state index in [1.54, 1.807) is 18.3 Å². The lowest BCUT2D eigenvalue weighted by Crippen LogP contribution is -2.56. The van der Waals surface area contributed by atoms with Crippen molar-refractivity contribution < 1.29 is 17.9 Å². The van der Waals surface area contributed by atoms with Gasteiger partial charge in [-0.15, -0.1) is 0 Å². The third-order valence-corrected chi connectivity index (χ3v) is 10.2. The molecule has 0 N–H and O–H groups in total. The van der Waals surface area contributed by atoms with Gasteiger partial charge in [0, 0.05) is 37.0 Å². The number of amides is 1. The molecule has 41 heavy (non-hydrogen) atoms. The molecule has 2 aliphatic rings. The number of aromatic nitrogens is 1. The second-order valence-electron chi connectivity index (χ2n) is 11.9. The fraction of sp³-hybridized carbons (Fsp3) is 0.455. The minimum absolute atomic E-state index is 0.0493. The fourth-order valence-electron chi connectivity index (χ4n) is 6.41. The summed E-state index contributed by atoms with van der Waals surface area (Å²) in [7, 11) is -3.26. The van der Waals surface area contributed by atoms with Crippen LogP contribution in [0.25, 0.3) is 0 Å². The Balaban J connectivity index is 1.25. The first kappa shape index (κ1) is 29.3. The van der Waals surface area contributed by atoms with Crippen LogP contribution in [0.4, 0.5) is 0 Å². The van der Waals surface area contributed by atoms with Crippen molar-refractivity contribution in [1.82, 2.24) is 14.8 Å². The molecular weight excluding hydrogens is 534 g/mol. The molecule has 1 aromatic heterocycles. The van der Waals surface area contributed by atoms with Crippen molar-refractivity contribution in [2.75, 3.05) is 32.4 Å². The predicted octanol–water partition coefficient (Wildman–Crippen LogP) is 5.63. The van der Waals surface area contributed by atoms with Crippen LogP contribution in [-0.2, 0) is 9.84 Å². The quantitative estimate of drug-likeness (QED) is 0.363. The SMILES string of the molecule is Cc1ccnc(C)c1C(=O)N1CCC(C)(N2CCC(C(Oc3ccccc3)c3ccc(S(C)(=O)=O)cc3)CC2)CC1. The van der Waals surface area contributed by atoms with Gasteiger partial charge in [0.25, 0.3) is 5.91 Å². The van der Waals surface area contributed by atoms with Crippen molar-refractivity contribution >= 4 is 15.7 Å². The number of rotatable bonds is 7. The van der Waals surface area contributed by atoms with Crippen LogP contribution in [0.1, 0.15) is 65.9 Å². The van der Waals surface area contributed by atoms with Crippen LogP contribution < -0.4 is 4.74 Å². The lowest BCUT2D eigenvalue weighted by molar-refractivity contribution is -0.00552. The Morgan fingerprint density at radius 3 is 2.17 bits per heavy atom. The number of sulfone groups is 1. The fourth-order valence-corrected chi connectivity index (χ4v) is 7.04. The van der Waals surface area contributed by atoms with Crippen molar-refractivity contribution in [3.8, 4) is 5.75 Å². The van der Waals surface area contributed by atoms with Gasteiger partial charge in [0.2, 0.25) is 0 Å². The molecule has 2 saturated heterocycles. The number of likely N-dealkylation sites (tertiary alicyclic amines) is 2. The number of hydrogen-bond acceptors (Lipinski definition) is 6. The maximum absolute atomic E-state index is 13.3. The van der Waals surface area contributed by atoms with E-state index in [0.717, 1.165) is 80.0 Å². The molecule has 3 aromatic rings. The zero-order valence-electron chi connectivity index (χ0n) is 24.5. The minimum atomic E-state index is -3.26. The van der Waals surface area contributed by atoms with Gasteiger partial charge < -0.3 is 9.64 Å². The third-order valence-electron chi connectivity index (χ3n) is 9.06. The monoisotopic (exact) mass is 575 g/mol. The molecule has 3 heterocycles. The number of para-hydroxylation sites is 1. The normalized spacial score (nSPS) is 19.1. The Morgan fingerprint density at radius 2 is 1.59 bits per heavy atom. The molecule has 0 radical (unpaired) electrons. The molecule has 0 saturated carbocycles. The van der Waals surface area contributed by atoms with Crippen molar-refractivity contribution in [3.05, 3.63) is 89.2 Å². The van der Waals surface area contributed by atoms with Gasteiger partial charge in [0.15, 0.2) is 9.84 Å². The number of aryl methyl sites for hydroxylation is 2. The van der Waals surface area contributed by atoms with Crippen LogP contribution in [0.5, 0.6) is 5.75 Å². The van der Waals surface area contributed by atoms with Crippen LogP contribution in [0, 0.1) is 19.8 Å². The van der Waals surface area contributed by atoms with Crippen molar-refractivity contribution in [1.29, 1.82) is 0 Å². The van der Waals surface area contributed by atoms with E-state index in [4.69, 9.17) is 4.74 Å². The van der Waals surface area contributed by atoms with Gasteiger partial charge in [-0.3, -0.25) is 14.7 Å². The summed E-state index contributed by atoms with van der Waals surface area (Å²) in [6, 6.07) is 18.9. The van der Waals surface area contributed by atoms with Gasteiger partial charge in [-0.25, -0.2) is 8.42 Å². The Morgan fingerprint density at radius 1 is 0.951 bits per heavy atom. The minimum Gasteiger partial charge on any atom is -0.485 e. The number of carbonyl (C=O) groups excluding carboxylic acids is 1. The van der Waals surface area contributed by atoms with Crippen LogP contribution in [-0.4, -0.2) is 67.1 Å². The topological polar surface area (TPSA) is 79.8 Å². The Hall–Kier alpha value is -3.23. The van der Waals surface area contributed by atoms with Gasteiger partial charge in [0.05, 0.1) is 16.2 Å². The predicted molar refractivity (Wildman–Crippen MR) is 161 cm³/mol. The smallest absolute Gasteiger partial charge is 0.255 e. The summed E-state index contributed by atoms with van der Waals surface area (Å²) in [5, 5.41) is 0. The highest BCUT2D eigenvalue weighted by atomic mass is 32.2. The van der Waals surface area contributed by atoms with Crippen molar-refractivity contribution in [3.63, 3.8) is 0 Å². The van der Waals surface area contributed by atoms with E-state index in [-0.39, 0.29) is 17.6 Å². The molecule has 0 bridgehead atoms. The lowest BCUT2D eigenvalue weighted by atomic mass is 9.82. The number of ether oxygens (including phenoxy) is 1. The van der Waals surface area contributed by atoms with Crippen LogP contribution >= 0.6 is 0 Å². The second-order valence-corrected chi connectivity index (χ2v) is 13.9. The van der Waals surface area contributed by atoms with Gasteiger partial charge in [-0.2, -0.15) is 0 Å². The maximum atomic E-state index is 13.3. The number of carbonyl (C=O) groups is 1. The van der Waals surface area contributed by atoms with Gasteiger partial charge in [0.1, 0.15) is 11.9 Å². The molecule has 2 aliphatic heterocycles. The molecular formula is C33H41N3O4S. The van der Waals surface area contributed by atoms with Gasteiger partial charge in [-0.1, -0.05) is 30.3 Å². The molecule has 0 spiro atoms. The maximum Gasteiger partial charge on any atom is 0.255 e. The largest absolute Gasteiger partial charge is 0.485 e. The molecule has 218 valence electrons. The van der Waals surface area contributed by atoms with E-state index in [0.29, 0.717) is 10.8 Å². The van der Waals surface area contributed by atoms with Crippen molar-refractivity contribution in [2.24, 2.45) is 5.92 Å². The average molecular weight is 576 g/mol.